The van der Waals surface area contributed by atoms with Gasteiger partial charge in [-0.2, -0.15) is 5.26 Å². The lowest BCUT2D eigenvalue weighted by molar-refractivity contribution is -0.123. The second-order valence-corrected chi connectivity index (χ2v) is 10.3. The van der Waals surface area contributed by atoms with Gasteiger partial charge in [0.05, 0.1) is 35.5 Å². The normalized spacial score (nSPS) is 18.4. The summed E-state index contributed by atoms with van der Waals surface area (Å²) in [5, 5.41) is 41.4. The van der Waals surface area contributed by atoms with Crippen molar-refractivity contribution >= 4 is 23.1 Å². The first kappa shape index (κ1) is 28.0. The summed E-state index contributed by atoms with van der Waals surface area (Å²) in [7, 11) is 0. The summed E-state index contributed by atoms with van der Waals surface area (Å²) in [6, 6.07) is 8.23. The molecule has 2 aromatic carbocycles. The van der Waals surface area contributed by atoms with Gasteiger partial charge < -0.3 is 20.3 Å². The molecule has 212 valence electrons. The molecule has 0 amide bonds. The van der Waals surface area contributed by atoms with Crippen molar-refractivity contribution in [3.8, 4) is 23.3 Å². The molecule has 3 aromatic rings. The number of fused-ring (bicyclic) bond motifs is 3. The van der Waals surface area contributed by atoms with E-state index in [0.717, 1.165) is 6.08 Å². The molecule has 12 heteroatoms. The molecule has 12 nitrogen and oxygen atoms in total. The largest absolute Gasteiger partial charge is 0.507 e. The molecule has 0 radical (unpaired) electrons. The number of aromatic nitrogens is 3. The lowest BCUT2D eigenvalue weighted by Crippen LogP contribution is -2.41. The summed E-state index contributed by atoms with van der Waals surface area (Å²) in [6.45, 7) is 5.67. The van der Waals surface area contributed by atoms with E-state index in [4.69, 9.17) is 10.00 Å². The minimum atomic E-state index is -1.62. The Kier molecular flexibility index (Phi) is 6.74. The number of carbonyl (C=O) groups is 4. The van der Waals surface area contributed by atoms with Gasteiger partial charge in [-0.15, -0.1) is 5.10 Å². The number of allylic oxidation sites excluding steroid dienone is 4. The number of rotatable bonds is 7. The van der Waals surface area contributed by atoms with Crippen molar-refractivity contribution in [2.75, 3.05) is 0 Å². The van der Waals surface area contributed by atoms with Crippen LogP contribution in [0.3, 0.4) is 0 Å². The average Bonchev–Trinajstić information content (AvgIpc) is 3.52. The van der Waals surface area contributed by atoms with Crippen molar-refractivity contribution in [3.63, 3.8) is 0 Å². The highest BCUT2D eigenvalue weighted by atomic mass is 16.5. The Hall–Kier alpha value is -5.57. The zero-order valence-electron chi connectivity index (χ0n) is 23.1. The predicted octanol–water partition coefficient (Wildman–Crippen LogP) is 2.70. The quantitative estimate of drug-likeness (QED) is 0.217. The number of ketones is 4. The van der Waals surface area contributed by atoms with Crippen LogP contribution in [-0.2, 0) is 28.1 Å². The third kappa shape index (κ3) is 4.32. The van der Waals surface area contributed by atoms with Gasteiger partial charge in [0, 0.05) is 22.9 Å². The van der Waals surface area contributed by atoms with E-state index in [1.807, 2.05) is 6.07 Å². The number of benzene rings is 2. The van der Waals surface area contributed by atoms with Crippen molar-refractivity contribution in [2.24, 2.45) is 0 Å². The monoisotopic (exact) mass is 567 g/mol. The first-order valence-electron chi connectivity index (χ1n) is 12.8. The predicted molar refractivity (Wildman–Crippen MR) is 146 cm³/mol. The summed E-state index contributed by atoms with van der Waals surface area (Å²) >= 11 is 0. The van der Waals surface area contributed by atoms with E-state index >= 15 is 0 Å². The molecule has 1 aliphatic carbocycles. The summed E-state index contributed by atoms with van der Waals surface area (Å²) in [4.78, 5) is 51.9. The maximum Gasteiger partial charge on any atom is 0.194 e. The maximum atomic E-state index is 13.9. The smallest absolute Gasteiger partial charge is 0.194 e. The molecule has 0 spiro atoms. The Labute approximate surface area is 239 Å². The van der Waals surface area contributed by atoms with Gasteiger partial charge in [-0.05, 0) is 39.8 Å². The fraction of sp³-hybridized carbons (Fsp3) is 0.233. The van der Waals surface area contributed by atoms with Crippen LogP contribution >= 0.6 is 0 Å². The minimum absolute atomic E-state index is 0.00641. The SMILES string of the molecule is CC(=O)c1c(O)c(C)c(O)c2c1OC1=CC(=O)/C(=C(/C)NCc3cn(CC(=O)c4ccc(C#N)cc4)nn3)C(=O)C12C. The van der Waals surface area contributed by atoms with Crippen LogP contribution in [0.4, 0.5) is 0 Å². The van der Waals surface area contributed by atoms with Gasteiger partial charge in [0.25, 0.3) is 0 Å². The first-order chi connectivity index (χ1) is 19.9. The van der Waals surface area contributed by atoms with E-state index in [0.29, 0.717) is 16.8 Å². The number of ether oxygens (including phenoxy) is 1. The topological polar surface area (TPSA) is 184 Å². The van der Waals surface area contributed by atoms with E-state index in [1.165, 1.54) is 25.5 Å². The van der Waals surface area contributed by atoms with Crippen molar-refractivity contribution in [2.45, 2.75) is 46.2 Å². The van der Waals surface area contributed by atoms with Crippen LogP contribution in [0, 0.1) is 18.3 Å². The number of nitrogens with zero attached hydrogens (tertiary/aromatic N) is 4. The molecule has 0 saturated heterocycles. The average molecular weight is 568 g/mol. The van der Waals surface area contributed by atoms with Crippen LogP contribution in [0.1, 0.15) is 63.9 Å². The fourth-order valence-electron chi connectivity index (χ4n) is 5.14. The Morgan fingerprint density at radius 1 is 1.14 bits per heavy atom. The van der Waals surface area contributed by atoms with Crippen molar-refractivity contribution in [1.82, 2.24) is 20.3 Å². The molecule has 2 aliphatic rings. The molecule has 5 rings (SSSR count). The van der Waals surface area contributed by atoms with Crippen molar-refractivity contribution in [3.05, 3.63) is 87.1 Å². The van der Waals surface area contributed by atoms with E-state index < -0.39 is 34.3 Å². The van der Waals surface area contributed by atoms with Gasteiger partial charge in [0.1, 0.15) is 46.2 Å². The summed E-state index contributed by atoms with van der Waals surface area (Å²) in [5.41, 5.74) is -0.424. The molecule has 0 saturated carbocycles. The summed E-state index contributed by atoms with van der Waals surface area (Å²) in [6.07, 6.45) is 2.69. The van der Waals surface area contributed by atoms with E-state index in [2.05, 4.69) is 15.6 Å². The first-order valence-corrected chi connectivity index (χ1v) is 12.8. The third-order valence-corrected chi connectivity index (χ3v) is 7.52. The molecule has 0 fully saturated rings. The van der Waals surface area contributed by atoms with Gasteiger partial charge in [-0.25, -0.2) is 4.68 Å². The second kappa shape index (κ2) is 10.1. The number of Topliss-reactive ketones (excluding diaryl/α,β-unsaturated/α-hetero) is 3. The number of phenols is 2. The number of aromatic hydroxyl groups is 2. The number of hydrogen-bond acceptors (Lipinski definition) is 11. The van der Waals surface area contributed by atoms with E-state index in [-0.39, 0.29) is 58.3 Å². The standard InChI is InChI=1S/C30H25N5O7/c1-14-26(39)24(16(3)36)28-25(27(14)40)30(4)22(42-28)9-20(37)23(29(30)41)15(2)32-11-19-12-35(34-33-19)13-21(38)18-7-5-17(10-31)6-8-18/h5-9,12,32,39-40H,11,13H2,1-4H3/b23-15+. The van der Waals surface area contributed by atoms with Crippen LogP contribution < -0.4 is 10.1 Å². The van der Waals surface area contributed by atoms with Gasteiger partial charge in [-0.1, -0.05) is 17.3 Å². The number of hydrogen-bond donors (Lipinski definition) is 3. The zero-order valence-corrected chi connectivity index (χ0v) is 23.1. The molecule has 2 heterocycles. The van der Waals surface area contributed by atoms with Crippen LogP contribution in [-0.4, -0.2) is 48.3 Å². The molecule has 42 heavy (non-hydrogen) atoms. The highest BCUT2D eigenvalue weighted by Gasteiger charge is 2.56. The van der Waals surface area contributed by atoms with Crippen LogP contribution in [0.2, 0.25) is 0 Å². The van der Waals surface area contributed by atoms with Crippen molar-refractivity contribution in [1.29, 1.82) is 5.26 Å². The Morgan fingerprint density at radius 2 is 1.83 bits per heavy atom. The molecule has 0 bridgehead atoms. The Balaban J connectivity index is 1.38. The van der Waals surface area contributed by atoms with Crippen LogP contribution in [0.5, 0.6) is 17.2 Å². The van der Waals surface area contributed by atoms with Gasteiger partial charge in [-0.3, -0.25) is 19.2 Å². The Bertz CT molecular complexity index is 1830. The number of carbonyl (C=O) groups excluding carboxylic acids is 4. The van der Waals surface area contributed by atoms with Crippen LogP contribution in [0.25, 0.3) is 0 Å². The molecule has 3 N–H and O–H groups in total. The summed E-state index contributed by atoms with van der Waals surface area (Å²) < 4.78 is 7.13. The summed E-state index contributed by atoms with van der Waals surface area (Å²) in [5.74, 6) is -3.12. The molecular weight excluding hydrogens is 542 g/mol. The molecular formula is C30H25N5O7. The van der Waals surface area contributed by atoms with Gasteiger partial charge >= 0.3 is 0 Å². The fourth-order valence-corrected chi connectivity index (χ4v) is 5.14. The highest BCUT2D eigenvalue weighted by Crippen LogP contribution is 2.57. The third-order valence-electron chi connectivity index (χ3n) is 7.52. The molecule has 1 unspecified atom stereocenters. The number of phenolic OH excluding ortho intramolecular Hbond substituents is 2. The van der Waals surface area contributed by atoms with Crippen molar-refractivity contribution < 1.29 is 34.1 Å². The molecule has 1 atom stereocenters. The van der Waals surface area contributed by atoms with Gasteiger partial charge in [0.2, 0.25) is 0 Å². The zero-order chi connectivity index (χ0) is 30.5. The second-order valence-electron chi connectivity index (χ2n) is 10.3. The highest BCUT2D eigenvalue weighted by molar-refractivity contribution is 6.31. The van der Waals surface area contributed by atoms with Crippen LogP contribution in [0.15, 0.2) is 53.6 Å². The Morgan fingerprint density at radius 3 is 2.48 bits per heavy atom. The van der Waals surface area contributed by atoms with E-state index in [1.54, 1.807) is 37.4 Å². The maximum absolute atomic E-state index is 13.9. The minimum Gasteiger partial charge on any atom is -0.507 e. The molecule has 1 aromatic heterocycles. The number of nitriles is 1. The lowest BCUT2D eigenvalue weighted by atomic mass is 9.70. The van der Waals surface area contributed by atoms with E-state index in [9.17, 15) is 29.4 Å². The lowest BCUT2D eigenvalue weighted by Gasteiger charge is -2.29. The number of nitrogens with one attached hydrogen (secondary N) is 1. The molecule has 1 aliphatic heterocycles. The van der Waals surface area contributed by atoms with Gasteiger partial charge in [0.15, 0.2) is 23.1 Å².